The van der Waals surface area contributed by atoms with E-state index in [9.17, 15) is 0 Å². The van der Waals surface area contributed by atoms with Gasteiger partial charge in [-0.05, 0) is 25.7 Å². The van der Waals surface area contributed by atoms with Crippen LogP contribution in [0, 0.1) is 5.92 Å². The Hall–Kier alpha value is -0.830. The first kappa shape index (κ1) is 12.2. The fourth-order valence-electron chi connectivity index (χ4n) is 1.26. The van der Waals surface area contributed by atoms with Gasteiger partial charge < -0.3 is 5.32 Å². The van der Waals surface area contributed by atoms with Gasteiger partial charge in [-0.15, -0.1) is 0 Å². The topological polar surface area (TPSA) is 37.8 Å². The third-order valence-corrected chi connectivity index (χ3v) is 2.37. The fourth-order valence-corrected chi connectivity index (χ4v) is 1.36. The van der Waals surface area contributed by atoms with Gasteiger partial charge in [-0.25, -0.2) is 9.97 Å². The van der Waals surface area contributed by atoms with Gasteiger partial charge in [0.2, 0.25) is 5.95 Å². The van der Waals surface area contributed by atoms with Crippen LogP contribution in [0.1, 0.15) is 33.6 Å². The molecule has 1 aromatic rings. The van der Waals surface area contributed by atoms with Crippen molar-refractivity contribution in [1.82, 2.24) is 9.97 Å². The predicted octanol–water partition coefficient (Wildman–Crippen LogP) is 3.37. The maximum atomic E-state index is 5.70. The molecule has 0 aliphatic carbocycles. The summed E-state index contributed by atoms with van der Waals surface area (Å²) in [5, 5.41) is 3.81. The molecule has 1 unspecified atom stereocenters. The van der Waals surface area contributed by atoms with Crippen LogP contribution in [0.5, 0.6) is 0 Å². The number of hydrogen-bond acceptors (Lipinski definition) is 3. The molecule has 15 heavy (non-hydrogen) atoms. The quantitative estimate of drug-likeness (QED) is 0.838. The van der Waals surface area contributed by atoms with Crippen molar-refractivity contribution < 1.29 is 0 Å². The van der Waals surface area contributed by atoms with Crippen LogP contribution in [0.4, 0.5) is 5.95 Å². The molecule has 0 saturated heterocycles. The first-order valence-electron chi connectivity index (χ1n) is 5.32. The van der Waals surface area contributed by atoms with E-state index in [2.05, 4.69) is 36.1 Å². The summed E-state index contributed by atoms with van der Waals surface area (Å²) in [6.07, 6.45) is 5.55. The molecule has 1 N–H and O–H groups in total. The van der Waals surface area contributed by atoms with Crippen LogP contribution in [0.15, 0.2) is 12.4 Å². The van der Waals surface area contributed by atoms with Crippen molar-refractivity contribution >= 4 is 17.5 Å². The third-order valence-electron chi connectivity index (χ3n) is 2.17. The molecule has 1 heterocycles. The summed E-state index contributed by atoms with van der Waals surface area (Å²) in [5.41, 5.74) is 0. The molecule has 0 amide bonds. The van der Waals surface area contributed by atoms with Gasteiger partial charge >= 0.3 is 0 Å². The average molecular weight is 228 g/mol. The highest BCUT2D eigenvalue weighted by Gasteiger charge is 2.04. The summed E-state index contributed by atoms with van der Waals surface area (Å²) in [4.78, 5) is 8.18. The largest absolute Gasteiger partial charge is 0.352 e. The van der Waals surface area contributed by atoms with E-state index in [1.165, 1.54) is 6.42 Å². The van der Waals surface area contributed by atoms with Crippen molar-refractivity contribution in [3.63, 3.8) is 0 Å². The number of hydrogen-bond donors (Lipinski definition) is 1. The Balaban J connectivity index is 2.37. The molecule has 0 aliphatic rings. The van der Waals surface area contributed by atoms with Crippen LogP contribution >= 0.6 is 11.6 Å². The molecule has 0 fully saturated rings. The SMILES string of the molecule is CC(C)CCC(C)Nc1ncc(Cl)cn1. The Morgan fingerprint density at radius 2 is 1.80 bits per heavy atom. The number of rotatable bonds is 5. The predicted molar refractivity (Wildman–Crippen MR) is 64.2 cm³/mol. The number of anilines is 1. The van der Waals surface area contributed by atoms with E-state index in [0.29, 0.717) is 17.0 Å². The Bertz CT molecular complexity index is 284. The van der Waals surface area contributed by atoms with E-state index >= 15 is 0 Å². The third kappa shape index (κ3) is 4.98. The van der Waals surface area contributed by atoms with Crippen LogP contribution in [0.2, 0.25) is 5.02 Å². The summed E-state index contributed by atoms with van der Waals surface area (Å²) in [5.74, 6) is 1.39. The molecule has 0 aromatic carbocycles. The lowest BCUT2D eigenvalue weighted by Gasteiger charge is -2.14. The zero-order valence-corrected chi connectivity index (χ0v) is 10.3. The molecule has 4 heteroatoms. The van der Waals surface area contributed by atoms with Crippen molar-refractivity contribution in [2.45, 2.75) is 39.7 Å². The second-order valence-electron chi connectivity index (χ2n) is 4.24. The fraction of sp³-hybridized carbons (Fsp3) is 0.636. The second-order valence-corrected chi connectivity index (χ2v) is 4.68. The summed E-state index contributed by atoms with van der Waals surface area (Å²) >= 11 is 5.70. The van der Waals surface area contributed by atoms with Gasteiger partial charge in [-0.1, -0.05) is 25.4 Å². The lowest BCUT2D eigenvalue weighted by molar-refractivity contribution is 0.526. The van der Waals surface area contributed by atoms with Crippen molar-refractivity contribution in [2.24, 2.45) is 5.92 Å². The number of aromatic nitrogens is 2. The molecule has 0 bridgehead atoms. The minimum absolute atomic E-state index is 0.397. The molecule has 0 radical (unpaired) electrons. The lowest BCUT2D eigenvalue weighted by atomic mass is 10.0. The zero-order valence-electron chi connectivity index (χ0n) is 9.50. The standard InChI is InChI=1S/C11H18ClN3/c1-8(2)4-5-9(3)15-11-13-6-10(12)7-14-11/h6-9H,4-5H2,1-3H3,(H,13,14,15). The highest BCUT2D eigenvalue weighted by molar-refractivity contribution is 6.30. The molecule has 0 aliphatic heterocycles. The summed E-state index contributed by atoms with van der Waals surface area (Å²) in [6.45, 7) is 6.59. The normalized spacial score (nSPS) is 12.9. The molecule has 84 valence electrons. The Labute approximate surface area is 96.3 Å². The average Bonchev–Trinajstić information content (AvgIpc) is 2.19. The second kappa shape index (κ2) is 5.91. The zero-order chi connectivity index (χ0) is 11.3. The van der Waals surface area contributed by atoms with Gasteiger partial charge in [0.1, 0.15) is 0 Å². The molecule has 3 nitrogen and oxygen atoms in total. The van der Waals surface area contributed by atoms with E-state index < -0.39 is 0 Å². The smallest absolute Gasteiger partial charge is 0.222 e. The van der Waals surface area contributed by atoms with Gasteiger partial charge in [-0.2, -0.15) is 0 Å². The van der Waals surface area contributed by atoms with Crippen molar-refractivity contribution in [3.05, 3.63) is 17.4 Å². The van der Waals surface area contributed by atoms with Gasteiger partial charge in [-0.3, -0.25) is 0 Å². The molecule has 0 saturated carbocycles. The molecule has 1 aromatic heterocycles. The van der Waals surface area contributed by atoms with Gasteiger partial charge in [0.15, 0.2) is 0 Å². The molecule has 1 atom stereocenters. The minimum atomic E-state index is 0.397. The number of halogens is 1. The van der Waals surface area contributed by atoms with Crippen LogP contribution in [-0.4, -0.2) is 16.0 Å². The Morgan fingerprint density at radius 1 is 1.20 bits per heavy atom. The van der Waals surface area contributed by atoms with Crippen LogP contribution < -0.4 is 5.32 Å². The van der Waals surface area contributed by atoms with Gasteiger partial charge in [0, 0.05) is 6.04 Å². The van der Waals surface area contributed by atoms with Crippen LogP contribution in [0.3, 0.4) is 0 Å². The van der Waals surface area contributed by atoms with E-state index in [4.69, 9.17) is 11.6 Å². The van der Waals surface area contributed by atoms with E-state index in [0.717, 1.165) is 12.3 Å². The molecular weight excluding hydrogens is 210 g/mol. The highest BCUT2D eigenvalue weighted by atomic mass is 35.5. The summed E-state index contributed by atoms with van der Waals surface area (Å²) in [6, 6.07) is 0.397. The first-order valence-corrected chi connectivity index (χ1v) is 5.70. The van der Waals surface area contributed by atoms with Crippen molar-refractivity contribution in [2.75, 3.05) is 5.32 Å². The maximum absolute atomic E-state index is 5.70. The minimum Gasteiger partial charge on any atom is -0.352 e. The maximum Gasteiger partial charge on any atom is 0.222 e. The lowest BCUT2D eigenvalue weighted by Crippen LogP contribution is -2.17. The summed E-state index contributed by atoms with van der Waals surface area (Å²) in [7, 11) is 0. The Kier molecular flexibility index (Phi) is 4.82. The van der Waals surface area contributed by atoms with E-state index in [1.54, 1.807) is 12.4 Å². The van der Waals surface area contributed by atoms with Crippen LogP contribution in [-0.2, 0) is 0 Å². The van der Waals surface area contributed by atoms with Gasteiger partial charge in [0.25, 0.3) is 0 Å². The molecule has 0 spiro atoms. The highest BCUT2D eigenvalue weighted by Crippen LogP contribution is 2.11. The van der Waals surface area contributed by atoms with Gasteiger partial charge in [0.05, 0.1) is 17.4 Å². The summed E-state index contributed by atoms with van der Waals surface area (Å²) < 4.78 is 0. The molecule has 1 rings (SSSR count). The molecular formula is C11H18ClN3. The van der Waals surface area contributed by atoms with Crippen LogP contribution in [0.25, 0.3) is 0 Å². The van der Waals surface area contributed by atoms with E-state index in [1.807, 2.05) is 0 Å². The monoisotopic (exact) mass is 227 g/mol. The van der Waals surface area contributed by atoms with E-state index in [-0.39, 0.29) is 0 Å². The number of nitrogens with one attached hydrogen (secondary N) is 1. The number of nitrogens with zero attached hydrogens (tertiary/aromatic N) is 2. The van der Waals surface area contributed by atoms with Crippen molar-refractivity contribution in [1.29, 1.82) is 0 Å². The van der Waals surface area contributed by atoms with Crippen molar-refractivity contribution in [3.8, 4) is 0 Å². The first-order chi connectivity index (χ1) is 7.08. The Morgan fingerprint density at radius 3 is 2.33 bits per heavy atom.